The lowest BCUT2D eigenvalue weighted by atomic mass is 9.98. The van der Waals surface area contributed by atoms with Crippen LogP contribution in [0.15, 0.2) is 30.3 Å². The van der Waals surface area contributed by atoms with Crippen LogP contribution in [0, 0.1) is 5.92 Å². The Morgan fingerprint density at radius 1 is 1.31 bits per heavy atom. The molecule has 0 saturated carbocycles. The van der Waals surface area contributed by atoms with Gasteiger partial charge in [0, 0.05) is 30.7 Å². The molecule has 5 nitrogen and oxygen atoms in total. The minimum atomic E-state index is -0.495. The molecule has 1 aromatic rings. The number of likely N-dealkylation sites (tertiary alicyclic amines) is 1. The van der Waals surface area contributed by atoms with Crippen LogP contribution in [-0.2, 0) is 9.53 Å². The Hall–Kier alpha value is -2.01. The lowest BCUT2D eigenvalue weighted by Crippen LogP contribution is -2.45. The van der Waals surface area contributed by atoms with E-state index >= 15 is 0 Å². The van der Waals surface area contributed by atoms with Crippen LogP contribution in [0.2, 0.25) is 5.02 Å². The van der Waals surface area contributed by atoms with Gasteiger partial charge in [0.15, 0.2) is 0 Å². The molecule has 1 heterocycles. The number of benzene rings is 1. The molecule has 0 radical (unpaired) electrons. The Labute approximate surface area is 160 Å². The van der Waals surface area contributed by atoms with E-state index in [1.165, 1.54) is 6.08 Å². The number of halogens is 1. The van der Waals surface area contributed by atoms with Gasteiger partial charge in [-0.25, -0.2) is 4.79 Å². The molecule has 2 amide bonds. The standard InChI is InChI=1S/C20H27ClN2O3/c1-20(2,3)26-19(25)23-12-4-5-16(14-23)13-22-18(24)11-8-15-6-9-17(21)10-7-15/h6-11,16H,4-5,12-14H2,1-3H3,(H,22,24)/b11-8+. The highest BCUT2D eigenvalue weighted by Crippen LogP contribution is 2.19. The van der Waals surface area contributed by atoms with Crippen LogP contribution >= 0.6 is 11.6 Å². The van der Waals surface area contributed by atoms with E-state index in [1.54, 1.807) is 23.1 Å². The van der Waals surface area contributed by atoms with E-state index in [0.29, 0.717) is 24.7 Å². The fourth-order valence-electron chi connectivity index (χ4n) is 2.77. The molecule has 1 N–H and O–H groups in total. The van der Waals surface area contributed by atoms with Gasteiger partial charge in [-0.2, -0.15) is 0 Å². The first-order valence-electron chi connectivity index (χ1n) is 8.92. The third kappa shape index (κ3) is 7.08. The summed E-state index contributed by atoms with van der Waals surface area (Å²) in [6.45, 7) is 7.44. The first-order valence-corrected chi connectivity index (χ1v) is 9.30. The number of carbonyl (C=O) groups excluding carboxylic acids is 2. The summed E-state index contributed by atoms with van der Waals surface area (Å²) in [6.07, 6.45) is 4.88. The van der Waals surface area contributed by atoms with Crippen LogP contribution in [0.3, 0.4) is 0 Å². The van der Waals surface area contributed by atoms with Crippen LogP contribution in [0.4, 0.5) is 4.79 Å². The van der Waals surface area contributed by atoms with E-state index < -0.39 is 5.60 Å². The van der Waals surface area contributed by atoms with Crippen LogP contribution in [0.25, 0.3) is 6.08 Å². The number of nitrogens with one attached hydrogen (secondary N) is 1. The Morgan fingerprint density at radius 2 is 2.00 bits per heavy atom. The average molecular weight is 379 g/mol. The number of ether oxygens (including phenoxy) is 1. The quantitative estimate of drug-likeness (QED) is 0.802. The second-order valence-corrected chi connectivity index (χ2v) is 8.00. The first-order chi connectivity index (χ1) is 12.2. The zero-order chi connectivity index (χ0) is 19.2. The van der Waals surface area contributed by atoms with E-state index in [4.69, 9.17) is 16.3 Å². The summed E-state index contributed by atoms with van der Waals surface area (Å²) in [5.74, 6) is 0.0958. The van der Waals surface area contributed by atoms with Gasteiger partial charge in [-0.1, -0.05) is 23.7 Å². The van der Waals surface area contributed by atoms with Crippen molar-refractivity contribution in [1.82, 2.24) is 10.2 Å². The Balaban J connectivity index is 1.78. The van der Waals surface area contributed by atoms with E-state index in [9.17, 15) is 9.59 Å². The normalized spacial score (nSPS) is 18.0. The summed E-state index contributed by atoms with van der Waals surface area (Å²) in [7, 11) is 0. The fraction of sp³-hybridized carbons (Fsp3) is 0.500. The number of rotatable bonds is 4. The molecule has 142 valence electrons. The van der Waals surface area contributed by atoms with Gasteiger partial charge < -0.3 is 15.0 Å². The van der Waals surface area contributed by atoms with E-state index in [0.717, 1.165) is 18.4 Å². The summed E-state index contributed by atoms with van der Waals surface area (Å²) in [5.41, 5.74) is 0.420. The van der Waals surface area contributed by atoms with Crippen molar-refractivity contribution in [1.29, 1.82) is 0 Å². The third-order valence-electron chi connectivity index (χ3n) is 4.03. The molecular formula is C20H27ClN2O3. The van der Waals surface area contributed by atoms with Crippen molar-refractivity contribution >= 4 is 29.7 Å². The van der Waals surface area contributed by atoms with Crippen molar-refractivity contribution < 1.29 is 14.3 Å². The highest BCUT2D eigenvalue weighted by atomic mass is 35.5. The summed E-state index contributed by atoms with van der Waals surface area (Å²) >= 11 is 5.84. The fourth-order valence-corrected chi connectivity index (χ4v) is 2.90. The van der Waals surface area contributed by atoms with Crippen LogP contribution in [0.1, 0.15) is 39.2 Å². The van der Waals surface area contributed by atoms with Gasteiger partial charge in [0.1, 0.15) is 5.60 Å². The van der Waals surface area contributed by atoms with Gasteiger partial charge in [-0.05, 0) is 63.3 Å². The molecule has 1 atom stereocenters. The maximum Gasteiger partial charge on any atom is 0.410 e. The molecule has 1 saturated heterocycles. The first kappa shape index (κ1) is 20.3. The molecule has 1 aliphatic rings. The minimum absolute atomic E-state index is 0.144. The molecule has 2 rings (SSSR count). The number of amides is 2. The van der Waals surface area contributed by atoms with Gasteiger partial charge in [0.25, 0.3) is 0 Å². The monoisotopic (exact) mass is 378 g/mol. The second kappa shape index (κ2) is 9.08. The van der Waals surface area contributed by atoms with Crippen molar-refractivity contribution in [3.8, 4) is 0 Å². The van der Waals surface area contributed by atoms with E-state index in [1.807, 2.05) is 32.9 Å². The third-order valence-corrected chi connectivity index (χ3v) is 4.28. The number of piperidine rings is 1. The van der Waals surface area contributed by atoms with Crippen LogP contribution in [0.5, 0.6) is 0 Å². The SMILES string of the molecule is CC(C)(C)OC(=O)N1CCCC(CNC(=O)/C=C/c2ccc(Cl)cc2)C1. The highest BCUT2D eigenvalue weighted by molar-refractivity contribution is 6.30. The zero-order valence-electron chi connectivity index (χ0n) is 15.6. The predicted octanol–water partition coefficient (Wildman–Crippen LogP) is 4.12. The average Bonchev–Trinajstić information content (AvgIpc) is 2.58. The summed E-state index contributed by atoms with van der Waals surface area (Å²) in [4.78, 5) is 25.9. The van der Waals surface area contributed by atoms with Crippen molar-refractivity contribution in [3.05, 3.63) is 40.9 Å². The molecule has 0 spiro atoms. The molecule has 1 aromatic carbocycles. The van der Waals surface area contributed by atoms with Crippen molar-refractivity contribution in [3.63, 3.8) is 0 Å². The lowest BCUT2D eigenvalue weighted by Gasteiger charge is -2.34. The molecule has 1 aliphatic heterocycles. The van der Waals surface area contributed by atoms with Crippen molar-refractivity contribution in [2.75, 3.05) is 19.6 Å². The Bertz CT molecular complexity index is 650. The molecule has 0 aliphatic carbocycles. The molecule has 1 unspecified atom stereocenters. The van der Waals surface area contributed by atoms with E-state index in [2.05, 4.69) is 5.32 Å². The van der Waals surface area contributed by atoms with Crippen LogP contribution < -0.4 is 5.32 Å². The molecule has 0 aromatic heterocycles. The molecule has 26 heavy (non-hydrogen) atoms. The van der Waals surface area contributed by atoms with Gasteiger partial charge >= 0.3 is 6.09 Å². The number of hydrogen-bond acceptors (Lipinski definition) is 3. The lowest BCUT2D eigenvalue weighted by molar-refractivity contribution is -0.116. The smallest absolute Gasteiger partial charge is 0.410 e. The zero-order valence-corrected chi connectivity index (χ0v) is 16.4. The number of hydrogen-bond donors (Lipinski definition) is 1. The van der Waals surface area contributed by atoms with Gasteiger partial charge in [0.2, 0.25) is 5.91 Å². The van der Waals surface area contributed by atoms with Gasteiger partial charge in [0.05, 0.1) is 0 Å². The van der Waals surface area contributed by atoms with Crippen LogP contribution in [-0.4, -0.2) is 42.1 Å². The maximum absolute atomic E-state index is 12.2. The largest absolute Gasteiger partial charge is 0.444 e. The molecule has 0 bridgehead atoms. The highest BCUT2D eigenvalue weighted by Gasteiger charge is 2.27. The Morgan fingerprint density at radius 3 is 2.65 bits per heavy atom. The summed E-state index contributed by atoms with van der Waals surface area (Å²) < 4.78 is 5.43. The summed E-state index contributed by atoms with van der Waals surface area (Å²) in [6, 6.07) is 7.27. The topological polar surface area (TPSA) is 58.6 Å². The second-order valence-electron chi connectivity index (χ2n) is 7.56. The van der Waals surface area contributed by atoms with Gasteiger partial charge in [-0.15, -0.1) is 0 Å². The number of nitrogens with zero attached hydrogens (tertiary/aromatic N) is 1. The van der Waals surface area contributed by atoms with Gasteiger partial charge in [-0.3, -0.25) is 4.79 Å². The summed E-state index contributed by atoms with van der Waals surface area (Å²) in [5, 5.41) is 3.58. The molecule has 6 heteroatoms. The van der Waals surface area contributed by atoms with Crippen molar-refractivity contribution in [2.45, 2.75) is 39.2 Å². The minimum Gasteiger partial charge on any atom is -0.444 e. The maximum atomic E-state index is 12.2. The molecule has 1 fully saturated rings. The molecular weight excluding hydrogens is 352 g/mol. The predicted molar refractivity (Wildman–Crippen MR) is 104 cm³/mol. The van der Waals surface area contributed by atoms with Crippen molar-refractivity contribution in [2.24, 2.45) is 5.92 Å². The Kier molecular flexibility index (Phi) is 7.09. The van der Waals surface area contributed by atoms with E-state index in [-0.39, 0.29) is 17.9 Å². The number of carbonyl (C=O) groups is 2.